The van der Waals surface area contributed by atoms with Gasteiger partial charge < -0.3 is 10.2 Å². The standard InChI is InChI=1S/C14H15FN4/c15-11-4-3-5-12(10-11)17-14-16-7-6-13(18-14)19-8-1-2-9-19/h3-7,10H,1-2,8-9H2,(H,16,17,18). The van der Waals surface area contributed by atoms with Crippen LogP contribution in [0.15, 0.2) is 36.5 Å². The fraction of sp³-hybridized carbons (Fsp3) is 0.286. The highest BCUT2D eigenvalue weighted by atomic mass is 19.1. The maximum absolute atomic E-state index is 13.1. The summed E-state index contributed by atoms with van der Waals surface area (Å²) in [6.07, 6.45) is 4.13. The van der Waals surface area contributed by atoms with Crippen molar-refractivity contribution >= 4 is 17.5 Å². The molecule has 4 nitrogen and oxygen atoms in total. The highest BCUT2D eigenvalue weighted by Crippen LogP contribution is 2.20. The normalized spacial score (nSPS) is 14.7. The zero-order valence-corrected chi connectivity index (χ0v) is 10.5. The number of halogens is 1. The highest BCUT2D eigenvalue weighted by Gasteiger charge is 2.13. The number of rotatable bonds is 3. The molecule has 1 aromatic heterocycles. The molecule has 3 rings (SSSR count). The number of anilines is 3. The second kappa shape index (κ2) is 5.22. The van der Waals surface area contributed by atoms with Crippen molar-refractivity contribution in [1.29, 1.82) is 0 Å². The molecule has 1 aliphatic heterocycles. The van der Waals surface area contributed by atoms with Gasteiger partial charge in [0, 0.05) is 25.0 Å². The topological polar surface area (TPSA) is 41.1 Å². The minimum absolute atomic E-state index is 0.277. The first-order valence-corrected chi connectivity index (χ1v) is 6.42. The number of benzene rings is 1. The first-order valence-electron chi connectivity index (χ1n) is 6.42. The highest BCUT2D eigenvalue weighted by molar-refractivity contribution is 5.55. The quantitative estimate of drug-likeness (QED) is 0.919. The van der Waals surface area contributed by atoms with E-state index in [4.69, 9.17) is 0 Å². The summed E-state index contributed by atoms with van der Waals surface area (Å²) < 4.78 is 13.1. The maximum atomic E-state index is 13.1. The van der Waals surface area contributed by atoms with Crippen molar-refractivity contribution in [3.8, 4) is 0 Å². The molecule has 1 fully saturated rings. The van der Waals surface area contributed by atoms with Crippen molar-refractivity contribution in [2.45, 2.75) is 12.8 Å². The van der Waals surface area contributed by atoms with Crippen molar-refractivity contribution in [2.24, 2.45) is 0 Å². The van der Waals surface area contributed by atoms with E-state index in [1.807, 2.05) is 6.07 Å². The zero-order valence-electron chi connectivity index (χ0n) is 10.5. The van der Waals surface area contributed by atoms with Crippen molar-refractivity contribution in [3.05, 3.63) is 42.3 Å². The molecule has 1 saturated heterocycles. The monoisotopic (exact) mass is 258 g/mol. The van der Waals surface area contributed by atoms with E-state index in [1.54, 1.807) is 18.3 Å². The Kier molecular flexibility index (Phi) is 3.27. The molecule has 19 heavy (non-hydrogen) atoms. The van der Waals surface area contributed by atoms with Gasteiger partial charge in [-0.15, -0.1) is 0 Å². The van der Waals surface area contributed by atoms with Gasteiger partial charge >= 0.3 is 0 Å². The average Bonchev–Trinajstić information content (AvgIpc) is 2.93. The minimum Gasteiger partial charge on any atom is -0.356 e. The largest absolute Gasteiger partial charge is 0.356 e. The van der Waals surface area contributed by atoms with E-state index >= 15 is 0 Å². The molecule has 0 amide bonds. The molecule has 1 aromatic carbocycles. The van der Waals surface area contributed by atoms with Crippen LogP contribution in [0.5, 0.6) is 0 Å². The summed E-state index contributed by atoms with van der Waals surface area (Å²) in [6, 6.07) is 8.18. The van der Waals surface area contributed by atoms with Crippen molar-refractivity contribution in [2.75, 3.05) is 23.3 Å². The van der Waals surface area contributed by atoms with Gasteiger partial charge in [0.1, 0.15) is 11.6 Å². The van der Waals surface area contributed by atoms with Crippen LogP contribution in [-0.2, 0) is 0 Å². The number of hydrogen-bond acceptors (Lipinski definition) is 4. The molecule has 2 aromatic rings. The summed E-state index contributed by atoms with van der Waals surface area (Å²) in [5.41, 5.74) is 0.651. The molecule has 0 aliphatic carbocycles. The maximum Gasteiger partial charge on any atom is 0.229 e. The zero-order chi connectivity index (χ0) is 13.1. The molecule has 98 valence electrons. The first-order chi connectivity index (χ1) is 9.31. The lowest BCUT2D eigenvalue weighted by Gasteiger charge is -2.16. The summed E-state index contributed by atoms with van der Waals surface area (Å²) in [7, 11) is 0. The van der Waals surface area contributed by atoms with Crippen LogP contribution in [-0.4, -0.2) is 23.1 Å². The Morgan fingerprint density at radius 1 is 1.16 bits per heavy atom. The molecule has 1 aliphatic rings. The van der Waals surface area contributed by atoms with Crippen LogP contribution in [0, 0.1) is 5.82 Å². The van der Waals surface area contributed by atoms with E-state index in [1.165, 1.54) is 25.0 Å². The molecule has 0 bridgehead atoms. The fourth-order valence-electron chi connectivity index (χ4n) is 2.23. The first kappa shape index (κ1) is 11.9. The third kappa shape index (κ3) is 2.81. The summed E-state index contributed by atoms with van der Waals surface area (Å²) in [5.74, 6) is 1.14. The van der Waals surface area contributed by atoms with E-state index in [0.29, 0.717) is 11.6 Å². The molecule has 2 heterocycles. The van der Waals surface area contributed by atoms with Crippen LogP contribution in [0.1, 0.15) is 12.8 Å². The third-order valence-corrected chi connectivity index (χ3v) is 3.15. The summed E-state index contributed by atoms with van der Waals surface area (Å²) in [4.78, 5) is 10.9. The Morgan fingerprint density at radius 3 is 2.79 bits per heavy atom. The van der Waals surface area contributed by atoms with Crippen LogP contribution in [0.25, 0.3) is 0 Å². The van der Waals surface area contributed by atoms with Crippen LogP contribution < -0.4 is 10.2 Å². The van der Waals surface area contributed by atoms with Gasteiger partial charge in [0.05, 0.1) is 0 Å². The van der Waals surface area contributed by atoms with Crippen LogP contribution >= 0.6 is 0 Å². The van der Waals surface area contributed by atoms with Crippen molar-refractivity contribution < 1.29 is 4.39 Å². The molecule has 1 N–H and O–H groups in total. The van der Waals surface area contributed by atoms with Crippen molar-refractivity contribution in [1.82, 2.24) is 9.97 Å². The Labute approximate surface area is 111 Å². The van der Waals surface area contributed by atoms with Gasteiger partial charge in [0.15, 0.2) is 0 Å². The van der Waals surface area contributed by atoms with Gasteiger partial charge in [-0.2, -0.15) is 4.98 Å². The fourth-order valence-corrected chi connectivity index (χ4v) is 2.23. The third-order valence-electron chi connectivity index (χ3n) is 3.15. The molecule has 0 unspecified atom stereocenters. The Balaban J connectivity index is 1.79. The lowest BCUT2D eigenvalue weighted by Crippen LogP contribution is -2.19. The SMILES string of the molecule is Fc1cccc(Nc2nccc(N3CCCC3)n2)c1. The van der Waals surface area contributed by atoms with Gasteiger partial charge in [-0.05, 0) is 37.1 Å². The Bertz CT molecular complexity index is 567. The van der Waals surface area contributed by atoms with Gasteiger partial charge in [0.25, 0.3) is 0 Å². The molecule has 0 radical (unpaired) electrons. The molecule has 0 saturated carbocycles. The van der Waals surface area contributed by atoms with E-state index < -0.39 is 0 Å². The summed E-state index contributed by atoms with van der Waals surface area (Å²) >= 11 is 0. The van der Waals surface area contributed by atoms with E-state index in [2.05, 4.69) is 20.2 Å². The number of hydrogen-bond donors (Lipinski definition) is 1. The predicted octanol–water partition coefficient (Wildman–Crippen LogP) is 2.96. The molecular weight excluding hydrogens is 243 g/mol. The second-order valence-electron chi connectivity index (χ2n) is 4.57. The Morgan fingerprint density at radius 2 is 2.00 bits per heavy atom. The predicted molar refractivity (Wildman–Crippen MR) is 73.2 cm³/mol. The number of nitrogens with zero attached hydrogens (tertiary/aromatic N) is 3. The smallest absolute Gasteiger partial charge is 0.229 e. The summed E-state index contributed by atoms with van der Waals surface area (Å²) in [5, 5.41) is 3.02. The van der Waals surface area contributed by atoms with Gasteiger partial charge in [-0.1, -0.05) is 6.07 Å². The van der Waals surface area contributed by atoms with Gasteiger partial charge in [-0.3, -0.25) is 0 Å². The van der Waals surface area contributed by atoms with Crippen LogP contribution in [0.3, 0.4) is 0 Å². The molecule has 0 atom stereocenters. The van der Waals surface area contributed by atoms with Gasteiger partial charge in [0.2, 0.25) is 5.95 Å². The number of aromatic nitrogens is 2. The molecule has 0 spiro atoms. The van der Waals surface area contributed by atoms with Crippen LogP contribution in [0.2, 0.25) is 0 Å². The van der Waals surface area contributed by atoms with Crippen LogP contribution in [0.4, 0.5) is 21.8 Å². The summed E-state index contributed by atoms with van der Waals surface area (Å²) in [6.45, 7) is 2.08. The number of nitrogens with one attached hydrogen (secondary N) is 1. The average molecular weight is 258 g/mol. The van der Waals surface area contributed by atoms with Gasteiger partial charge in [-0.25, -0.2) is 9.37 Å². The minimum atomic E-state index is -0.277. The molecular formula is C14H15FN4. The van der Waals surface area contributed by atoms with E-state index in [9.17, 15) is 4.39 Å². The Hall–Kier alpha value is -2.17. The molecule has 5 heteroatoms. The lowest BCUT2D eigenvalue weighted by molar-refractivity contribution is 0.628. The lowest BCUT2D eigenvalue weighted by atomic mass is 10.3. The van der Waals surface area contributed by atoms with Crippen molar-refractivity contribution in [3.63, 3.8) is 0 Å². The van der Waals surface area contributed by atoms with E-state index in [0.717, 1.165) is 18.9 Å². The van der Waals surface area contributed by atoms with E-state index in [-0.39, 0.29) is 5.82 Å². The second-order valence-corrected chi connectivity index (χ2v) is 4.57.